The molecule has 0 spiro atoms. The lowest BCUT2D eigenvalue weighted by Crippen LogP contribution is -1.87. The number of hydrogen-bond acceptors (Lipinski definition) is 0. The first-order valence-corrected chi connectivity index (χ1v) is 11.7. The van der Waals surface area contributed by atoms with Gasteiger partial charge in [-0.25, -0.2) is 4.39 Å². The maximum Gasteiger partial charge on any atom is 0.140 e. The van der Waals surface area contributed by atoms with E-state index in [0.717, 1.165) is 24.0 Å². The van der Waals surface area contributed by atoms with Crippen molar-refractivity contribution in [3.05, 3.63) is 106 Å². The Morgan fingerprint density at radius 2 is 1.06 bits per heavy atom. The number of halogens is 1. The van der Waals surface area contributed by atoms with Gasteiger partial charge in [-0.1, -0.05) is 81.1 Å². The molecule has 0 bridgehead atoms. The highest BCUT2D eigenvalue weighted by molar-refractivity contribution is 5.49. The fraction of sp³-hybridized carbons (Fsp3) is 0.290. The summed E-state index contributed by atoms with van der Waals surface area (Å²) in [6, 6.07) is 21.6. The third-order valence-electron chi connectivity index (χ3n) is 5.46. The topological polar surface area (TPSA) is 0 Å². The Labute approximate surface area is 192 Å². The van der Waals surface area contributed by atoms with Gasteiger partial charge in [0.05, 0.1) is 5.56 Å². The predicted molar refractivity (Wildman–Crippen MR) is 133 cm³/mol. The van der Waals surface area contributed by atoms with Gasteiger partial charge in [0.1, 0.15) is 5.82 Å². The van der Waals surface area contributed by atoms with Crippen LogP contribution in [0.25, 0.3) is 0 Å². The molecule has 3 rings (SSSR count). The molecule has 0 unspecified atom stereocenters. The molecule has 0 aromatic heterocycles. The van der Waals surface area contributed by atoms with Crippen LogP contribution in [0.4, 0.5) is 4.39 Å². The molecule has 0 aliphatic heterocycles. The van der Waals surface area contributed by atoms with Crippen molar-refractivity contribution in [3.8, 4) is 23.7 Å². The van der Waals surface area contributed by atoms with Crippen molar-refractivity contribution in [2.45, 2.75) is 58.8 Å². The summed E-state index contributed by atoms with van der Waals surface area (Å²) in [5.41, 5.74) is 5.54. The van der Waals surface area contributed by atoms with E-state index in [1.165, 1.54) is 49.3 Å². The molecule has 162 valence electrons. The van der Waals surface area contributed by atoms with Crippen LogP contribution in [-0.4, -0.2) is 0 Å². The van der Waals surface area contributed by atoms with E-state index in [2.05, 4.69) is 61.8 Å². The number of benzene rings is 3. The van der Waals surface area contributed by atoms with E-state index in [0.29, 0.717) is 11.1 Å². The summed E-state index contributed by atoms with van der Waals surface area (Å²) in [4.78, 5) is 0. The van der Waals surface area contributed by atoms with E-state index in [4.69, 9.17) is 0 Å². The molecule has 0 radical (unpaired) electrons. The first-order valence-electron chi connectivity index (χ1n) is 11.7. The normalized spacial score (nSPS) is 10.1. The van der Waals surface area contributed by atoms with Gasteiger partial charge >= 0.3 is 0 Å². The molecule has 0 nitrogen and oxygen atoms in total. The first-order chi connectivity index (χ1) is 15.7. The van der Waals surface area contributed by atoms with Crippen LogP contribution in [-0.2, 0) is 12.8 Å². The highest BCUT2D eigenvalue weighted by Gasteiger charge is 2.00. The molecule has 0 fully saturated rings. The minimum Gasteiger partial charge on any atom is -0.206 e. The third kappa shape index (κ3) is 7.44. The van der Waals surface area contributed by atoms with Gasteiger partial charge in [-0.3, -0.25) is 0 Å². The monoisotopic (exact) mass is 422 g/mol. The standard InChI is InChI=1S/C31H31F/c1-3-5-7-9-26-12-16-28(17-13-26)20-22-30-23-21-29(24-31(30)32)19-18-27-14-10-25(11-15-27)8-6-4-2/h10-17,21,23-24H,3-9H2,1-2H3. The van der Waals surface area contributed by atoms with Crippen molar-refractivity contribution >= 4 is 0 Å². The van der Waals surface area contributed by atoms with Gasteiger partial charge in [-0.2, -0.15) is 0 Å². The van der Waals surface area contributed by atoms with E-state index >= 15 is 0 Å². The molecule has 32 heavy (non-hydrogen) atoms. The van der Waals surface area contributed by atoms with Crippen LogP contribution in [0, 0.1) is 29.5 Å². The average molecular weight is 423 g/mol. The molecule has 0 saturated heterocycles. The van der Waals surface area contributed by atoms with Crippen LogP contribution < -0.4 is 0 Å². The van der Waals surface area contributed by atoms with Crippen molar-refractivity contribution in [1.82, 2.24) is 0 Å². The van der Waals surface area contributed by atoms with Crippen molar-refractivity contribution in [2.75, 3.05) is 0 Å². The zero-order valence-corrected chi connectivity index (χ0v) is 19.2. The first kappa shape index (κ1) is 23.4. The van der Waals surface area contributed by atoms with Crippen LogP contribution in [0.3, 0.4) is 0 Å². The molecule has 0 aliphatic carbocycles. The Morgan fingerprint density at radius 1 is 0.562 bits per heavy atom. The molecule has 0 aliphatic rings. The highest BCUT2D eigenvalue weighted by Crippen LogP contribution is 2.12. The molecule has 0 N–H and O–H groups in total. The van der Waals surface area contributed by atoms with Gasteiger partial charge in [0.15, 0.2) is 0 Å². The Balaban J connectivity index is 1.63. The third-order valence-corrected chi connectivity index (χ3v) is 5.46. The van der Waals surface area contributed by atoms with E-state index in [1.54, 1.807) is 6.07 Å². The summed E-state index contributed by atoms with van der Waals surface area (Å²) >= 11 is 0. The van der Waals surface area contributed by atoms with Crippen LogP contribution >= 0.6 is 0 Å². The fourth-order valence-electron chi connectivity index (χ4n) is 3.45. The van der Waals surface area contributed by atoms with Crippen molar-refractivity contribution < 1.29 is 4.39 Å². The second kappa shape index (κ2) is 12.5. The van der Waals surface area contributed by atoms with Gasteiger partial charge < -0.3 is 0 Å². The molecule has 0 atom stereocenters. The molecule has 0 saturated carbocycles. The van der Waals surface area contributed by atoms with Crippen LogP contribution in [0.15, 0.2) is 66.7 Å². The Morgan fingerprint density at radius 3 is 1.62 bits per heavy atom. The second-order valence-corrected chi connectivity index (χ2v) is 8.15. The van der Waals surface area contributed by atoms with Gasteiger partial charge in [-0.15, -0.1) is 0 Å². The van der Waals surface area contributed by atoms with Crippen molar-refractivity contribution in [2.24, 2.45) is 0 Å². The minimum absolute atomic E-state index is 0.338. The SMILES string of the molecule is CCCCCc1ccc(C#Cc2ccc(C#Cc3ccc(CCCC)cc3)cc2F)cc1. The number of rotatable bonds is 7. The highest BCUT2D eigenvalue weighted by atomic mass is 19.1. The second-order valence-electron chi connectivity index (χ2n) is 8.15. The molecule has 3 aromatic rings. The van der Waals surface area contributed by atoms with Gasteiger partial charge in [0, 0.05) is 16.7 Å². The van der Waals surface area contributed by atoms with Gasteiger partial charge in [-0.05, 0) is 79.3 Å². The van der Waals surface area contributed by atoms with Crippen LogP contribution in [0.1, 0.15) is 79.3 Å². The van der Waals surface area contributed by atoms with Crippen LogP contribution in [0.2, 0.25) is 0 Å². The van der Waals surface area contributed by atoms with Crippen molar-refractivity contribution in [1.29, 1.82) is 0 Å². The minimum atomic E-state index is -0.338. The Bertz CT molecular complexity index is 1110. The zero-order chi connectivity index (χ0) is 22.6. The maximum absolute atomic E-state index is 14.5. The lowest BCUT2D eigenvalue weighted by Gasteiger charge is -2.00. The largest absolute Gasteiger partial charge is 0.206 e. The fourth-order valence-corrected chi connectivity index (χ4v) is 3.45. The molecule has 3 aromatic carbocycles. The summed E-state index contributed by atoms with van der Waals surface area (Å²) < 4.78 is 14.5. The van der Waals surface area contributed by atoms with E-state index < -0.39 is 0 Å². The number of hydrogen-bond donors (Lipinski definition) is 0. The lowest BCUT2D eigenvalue weighted by atomic mass is 10.0. The maximum atomic E-state index is 14.5. The lowest BCUT2D eigenvalue weighted by molar-refractivity contribution is 0.624. The smallest absolute Gasteiger partial charge is 0.140 e. The molecule has 0 heterocycles. The van der Waals surface area contributed by atoms with Crippen molar-refractivity contribution in [3.63, 3.8) is 0 Å². The average Bonchev–Trinajstić information content (AvgIpc) is 2.82. The van der Waals surface area contributed by atoms with E-state index in [-0.39, 0.29) is 5.82 Å². The molecule has 1 heteroatoms. The Hall–Kier alpha value is -3.29. The molecular weight excluding hydrogens is 391 g/mol. The Kier molecular flexibility index (Phi) is 9.16. The van der Waals surface area contributed by atoms with E-state index in [9.17, 15) is 4.39 Å². The quantitative estimate of drug-likeness (QED) is 0.270. The summed E-state index contributed by atoms with van der Waals surface area (Å²) in [6.45, 7) is 4.41. The van der Waals surface area contributed by atoms with E-state index in [1.807, 2.05) is 30.3 Å². The number of unbranched alkanes of at least 4 members (excludes halogenated alkanes) is 3. The number of aryl methyl sites for hydroxylation is 2. The van der Waals surface area contributed by atoms with Gasteiger partial charge in [0.2, 0.25) is 0 Å². The van der Waals surface area contributed by atoms with Crippen LogP contribution in [0.5, 0.6) is 0 Å². The summed E-state index contributed by atoms with van der Waals surface area (Å²) in [7, 11) is 0. The summed E-state index contributed by atoms with van der Waals surface area (Å²) in [5, 5.41) is 0. The molecular formula is C31H31F. The zero-order valence-electron chi connectivity index (χ0n) is 19.2. The molecule has 0 amide bonds. The predicted octanol–water partition coefficient (Wildman–Crippen LogP) is 7.70. The van der Waals surface area contributed by atoms with Gasteiger partial charge in [0.25, 0.3) is 0 Å². The summed E-state index contributed by atoms with van der Waals surface area (Å²) in [5.74, 6) is 11.9. The summed E-state index contributed by atoms with van der Waals surface area (Å²) in [6.07, 6.45) is 8.29.